The van der Waals surface area contributed by atoms with Crippen LogP contribution in [0.4, 0.5) is 0 Å². The average molecular weight is 361 g/mol. The molecule has 0 fully saturated rings. The third-order valence-corrected chi connectivity index (χ3v) is 3.73. The normalized spacial score (nSPS) is 11.2. The molecule has 0 amide bonds. The first-order valence-electron chi connectivity index (χ1n) is 8.55. The summed E-state index contributed by atoms with van der Waals surface area (Å²) in [5, 5.41) is 6.53. The van der Waals surface area contributed by atoms with Crippen LogP contribution in [-0.4, -0.2) is 40.4 Å². The van der Waals surface area contributed by atoms with Gasteiger partial charge in [-0.3, -0.25) is 0 Å². The number of aliphatic imine (C=N–C) groups is 1. The Morgan fingerprint density at radius 2 is 1.81 bits per heavy atom. The molecule has 0 aliphatic heterocycles. The first-order valence-corrected chi connectivity index (χ1v) is 8.55. The SMILES string of the molecule is CCNC(=NCc1cc(OC)c(OC)c(OC)c1)NCCc1ccco1. The van der Waals surface area contributed by atoms with E-state index in [1.807, 2.05) is 31.2 Å². The van der Waals surface area contributed by atoms with Crippen molar-refractivity contribution in [3.8, 4) is 17.2 Å². The Hall–Kier alpha value is -2.83. The predicted molar refractivity (Wildman–Crippen MR) is 101 cm³/mol. The molecular weight excluding hydrogens is 334 g/mol. The number of benzene rings is 1. The number of nitrogens with zero attached hydrogens (tertiary/aromatic N) is 1. The lowest BCUT2D eigenvalue weighted by atomic mass is 10.2. The highest BCUT2D eigenvalue weighted by Crippen LogP contribution is 2.38. The Bertz CT molecular complexity index is 674. The van der Waals surface area contributed by atoms with Crippen molar-refractivity contribution < 1.29 is 18.6 Å². The van der Waals surface area contributed by atoms with Gasteiger partial charge in [0.05, 0.1) is 34.1 Å². The van der Waals surface area contributed by atoms with Gasteiger partial charge in [-0.25, -0.2) is 4.99 Å². The molecule has 26 heavy (non-hydrogen) atoms. The van der Waals surface area contributed by atoms with Crippen molar-refractivity contribution in [1.29, 1.82) is 0 Å². The first kappa shape index (κ1) is 19.5. The topological polar surface area (TPSA) is 77.3 Å². The van der Waals surface area contributed by atoms with Gasteiger partial charge in [0.2, 0.25) is 5.75 Å². The molecule has 0 unspecified atom stereocenters. The third kappa shape index (κ3) is 5.34. The van der Waals surface area contributed by atoms with E-state index in [9.17, 15) is 0 Å². The summed E-state index contributed by atoms with van der Waals surface area (Å²) in [5.74, 6) is 3.50. The number of hydrogen-bond donors (Lipinski definition) is 2. The van der Waals surface area contributed by atoms with Gasteiger partial charge in [-0.2, -0.15) is 0 Å². The second-order valence-electron chi connectivity index (χ2n) is 5.48. The van der Waals surface area contributed by atoms with E-state index in [1.54, 1.807) is 27.6 Å². The van der Waals surface area contributed by atoms with Crippen LogP contribution in [0.15, 0.2) is 39.9 Å². The second-order valence-corrected chi connectivity index (χ2v) is 5.48. The van der Waals surface area contributed by atoms with Crippen molar-refractivity contribution in [3.05, 3.63) is 41.9 Å². The highest BCUT2D eigenvalue weighted by molar-refractivity contribution is 5.79. The second kappa shape index (κ2) is 10.2. The zero-order chi connectivity index (χ0) is 18.8. The van der Waals surface area contributed by atoms with Crippen LogP contribution in [0.5, 0.6) is 17.2 Å². The van der Waals surface area contributed by atoms with Crippen LogP contribution in [0.2, 0.25) is 0 Å². The summed E-state index contributed by atoms with van der Waals surface area (Å²) in [5.41, 5.74) is 0.961. The highest BCUT2D eigenvalue weighted by atomic mass is 16.5. The maximum atomic E-state index is 5.38. The van der Waals surface area contributed by atoms with E-state index in [4.69, 9.17) is 18.6 Å². The van der Waals surface area contributed by atoms with Crippen LogP contribution in [0.3, 0.4) is 0 Å². The highest BCUT2D eigenvalue weighted by Gasteiger charge is 2.13. The fourth-order valence-electron chi connectivity index (χ4n) is 2.50. The fraction of sp³-hybridized carbons (Fsp3) is 0.421. The summed E-state index contributed by atoms with van der Waals surface area (Å²) >= 11 is 0. The summed E-state index contributed by atoms with van der Waals surface area (Å²) in [4.78, 5) is 4.62. The lowest BCUT2D eigenvalue weighted by Gasteiger charge is -2.14. The average Bonchev–Trinajstić information content (AvgIpc) is 3.18. The van der Waals surface area contributed by atoms with E-state index in [1.165, 1.54) is 0 Å². The molecule has 0 atom stereocenters. The van der Waals surface area contributed by atoms with Crippen molar-refractivity contribution in [2.75, 3.05) is 34.4 Å². The molecule has 1 heterocycles. The smallest absolute Gasteiger partial charge is 0.203 e. The quantitative estimate of drug-likeness (QED) is 0.528. The zero-order valence-electron chi connectivity index (χ0n) is 15.8. The molecular formula is C19H27N3O4. The molecule has 1 aromatic heterocycles. The Balaban J connectivity index is 2.05. The van der Waals surface area contributed by atoms with Gasteiger partial charge in [0.25, 0.3) is 0 Å². The van der Waals surface area contributed by atoms with Gasteiger partial charge < -0.3 is 29.3 Å². The van der Waals surface area contributed by atoms with Crippen molar-refractivity contribution in [2.24, 2.45) is 4.99 Å². The predicted octanol–water partition coefficient (Wildman–Crippen LogP) is 2.60. The molecule has 2 N–H and O–H groups in total. The standard InChI is InChI=1S/C19H27N3O4/c1-5-20-19(21-9-8-15-7-6-10-26-15)22-13-14-11-16(23-2)18(25-4)17(12-14)24-3/h6-7,10-12H,5,8-9,13H2,1-4H3,(H2,20,21,22). The Labute approximate surface area is 154 Å². The van der Waals surface area contributed by atoms with E-state index in [-0.39, 0.29) is 0 Å². The van der Waals surface area contributed by atoms with E-state index in [2.05, 4.69) is 15.6 Å². The molecule has 0 radical (unpaired) electrons. The van der Waals surface area contributed by atoms with Gasteiger partial charge in [0, 0.05) is 19.5 Å². The lowest BCUT2D eigenvalue weighted by molar-refractivity contribution is 0.324. The largest absolute Gasteiger partial charge is 0.493 e. The molecule has 0 bridgehead atoms. The minimum atomic E-state index is 0.479. The van der Waals surface area contributed by atoms with Crippen LogP contribution < -0.4 is 24.8 Å². The maximum absolute atomic E-state index is 5.38. The van der Waals surface area contributed by atoms with E-state index in [0.29, 0.717) is 23.8 Å². The van der Waals surface area contributed by atoms with Crippen LogP contribution in [0.25, 0.3) is 0 Å². The van der Waals surface area contributed by atoms with Crippen LogP contribution in [0.1, 0.15) is 18.2 Å². The molecule has 0 aliphatic rings. The van der Waals surface area contributed by atoms with Crippen molar-refractivity contribution in [1.82, 2.24) is 10.6 Å². The van der Waals surface area contributed by atoms with Crippen LogP contribution in [0, 0.1) is 0 Å². The number of nitrogens with one attached hydrogen (secondary N) is 2. The molecule has 0 spiro atoms. The summed E-state index contributed by atoms with van der Waals surface area (Å²) in [6, 6.07) is 7.65. The lowest BCUT2D eigenvalue weighted by Crippen LogP contribution is -2.38. The monoisotopic (exact) mass is 361 g/mol. The Kier molecular flexibility index (Phi) is 7.67. The van der Waals surface area contributed by atoms with Gasteiger partial charge in [-0.15, -0.1) is 0 Å². The Morgan fingerprint density at radius 1 is 1.08 bits per heavy atom. The van der Waals surface area contributed by atoms with Gasteiger partial charge >= 0.3 is 0 Å². The molecule has 7 heteroatoms. The van der Waals surface area contributed by atoms with E-state index < -0.39 is 0 Å². The zero-order valence-corrected chi connectivity index (χ0v) is 15.8. The molecule has 142 valence electrons. The molecule has 1 aromatic carbocycles. The molecule has 2 rings (SSSR count). The summed E-state index contributed by atoms with van der Waals surface area (Å²) < 4.78 is 21.5. The van der Waals surface area contributed by atoms with Gasteiger partial charge in [0.1, 0.15) is 5.76 Å². The number of rotatable bonds is 9. The summed E-state index contributed by atoms with van der Waals surface area (Å²) in [6.07, 6.45) is 2.47. The summed E-state index contributed by atoms with van der Waals surface area (Å²) in [7, 11) is 4.79. The van der Waals surface area contributed by atoms with Crippen LogP contribution in [-0.2, 0) is 13.0 Å². The minimum Gasteiger partial charge on any atom is -0.493 e. The number of methoxy groups -OCH3 is 3. The number of furan rings is 1. The fourth-order valence-corrected chi connectivity index (χ4v) is 2.50. The minimum absolute atomic E-state index is 0.479. The molecule has 7 nitrogen and oxygen atoms in total. The third-order valence-electron chi connectivity index (χ3n) is 3.73. The summed E-state index contributed by atoms with van der Waals surface area (Å²) in [6.45, 7) is 4.02. The molecule has 0 saturated heterocycles. The van der Waals surface area contributed by atoms with Crippen molar-refractivity contribution in [2.45, 2.75) is 19.9 Å². The molecule has 0 aliphatic carbocycles. The van der Waals surface area contributed by atoms with Gasteiger partial charge in [0.15, 0.2) is 17.5 Å². The van der Waals surface area contributed by atoms with Crippen molar-refractivity contribution in [3.63, 3.8) is 0 Å². The van der Waals surface area contributed by atoms with E-state index in [0.717, 1.165) is 36.8 Å². The van der Waals surface area contributed by atoms with Gasteiger partial charge in [-0.1, -0.05) is 0 Å². The van der Waals surface area contributed by atoms with Crippen LogP contribution >= 0.6 is 0 Å². The molecule has 0 saturated carbocycles. The number of ether oxygens (including phenoxy) is 3. The molecule has 2 aromatic rings. The van der Waals surface area contributed by atoms with E-state index >= 15 is 0 Å². The number of hydrogen-bond acceptors (Lipinski definition) is 5. The van der Waals surface area contributed by atoms with Crippen molar-refractivity contribution >= 4 is 5.96 Å². The van der Waals surface area contributed by atoms with Gasteiger partial charge in [-0.05, 0) is 36.8 Å². The maximum Gasteiger partial charge on any atom is 0.203 e. The Morgan fingerprint density at radius 3 is 2.35 bits per heavy atom. The number of guanidine groups is 1. The first-order chi connectivity index (χ1) is 12.7.